The quantitative estimate of drug-likeness (QED) is 0.847. The molecule has 0 bridgehead atoms. The van der Waals surface area contributed by atoms with Gasteiger partial charge in [-0.2, -0.15) is 0 Å². The Morgan fingerprint density at radius 3 is 2.54 bits per heavy atom. The van der Waals surface area contributed by atoms with Gasteiger partial charge in [0.1, 0.15) is 0 Å². The van der Waals surface area contributed by atoms with Crippen molar-refractivity contribution in [3.8, 4) is 0 Å². The van der Waals surface area contributed by atoms with Crippen molar-refractivity contribution in [2.45, 2.75) is 52.4 Å². The van der Waals surface area contributed by atoms with Gasteiger partial charge in [0.25, 0.3) is 0 Å². The average molecular weight is 386 g/mol. The molecule has 2 fully saturated rings. The molecule has 28 heavy (non-hydrogen) atoms. The molecule has 1 unspecified atom stereocenters. The van der Waals surface area contributed by atoms with Crippen molar-refractivity contribution in [2.24, 2.45) is 5.92 Å². The molecule has 2 aliphatic rings. The summed E-state index contributed by atoms with van der Waals surface area (Å²) >= 11 is 0. The molecule has 0 spiro atoms. The van der Waals surface area contributed by atoms with Gasteiger partial charge in [-0.3, -0.25) is 14.4 Å². The zero-order chi connectivity index (χ0) is 20.1. The molecule has 0 radical (unpaired) electrons. The molecule has 6 nitrogen and oxygen atoms in total. The van der Waals surface area contributed by atoms with Crippen molar-refractivity contribution in [1.29, 1.82) is 0 Å². The number of nitrogens with zero attached hydrogens (tertiary/aromatic N) is 2. The fourth-order valence-electron chi connectivity index (χ4n) is 4.06. The van der Waals surface area contributed by atoms with Crippen LogP contribution in [0.5, 0.6) is 0 Å². The van der Waals surface area contributed by atoms with Crippen molar-refractivity contribution in [3.63, 3.8) is 0 Å². The van der Waals surface area contributed by atoms with Crippen LogP contribution in [0.2, 0.25) is 0 Å². The summed E-state index contributed by atoms with van der Waals surface area (Å²) in [6.45, 7) is 6.41. The van der Waals surface area contributed by atoms with E-state index in [2.05, 4.69) is 5.32 Å². The zero-order valence-corrected chi connectivity index (χ0v) is 17.0. The molecule has 2 aliphatic heterocycles. The van der Waals surface area contributed by atoms with Crippen LogP contribution in [-0.4, -0.2) is 48.8 Å². The van der Waals surface area contributed by atoms with E-state index in [1.165, 1.54) is 12.8 Å². The van der Waals surface area contributed by atoms with Gasteiger partial charge < -0.3 is 15.1 Å². The molecule has 1 N–H and O–H groups in total. The summed E-state index contributed by atoms with van der Waals surface area (Å²) in [5.74, 6) is -0.401. The lowest BCUT2D eigenvalue weighted by atomic mass is 10.1. The third kappa shape index (κ3) is 4.72. The van der Waals surface area contributed by atoms with Gasteiger partial charge >= 0.3 is 0 Å². The molecular formula is C22H31N3O3. The highest BCUT2D eigenvalue weighted by molar-refractivity contribution is 6.01. The van der Waals surface area contributed by atoms with E-state index in [4.69, 9.17) is 0 Å². The third-order valence-corrected chi connectivity index (χ3v) is 5.96. The first-order valence-electron chi connectivity index (χ1n) is 10.4. The van der Waals surface area contributed by atoms with E-state index in [-0.39, 0.29) is 30.1 Å². The van der Waals surface area contributed by atoms with E-state index < -0.39 is 0 Å². The molecule has 2 heterocycles. The molecule has 1 aromatic rings. The maximum Gasteiger partial charge on any atom is 0.227 e. The van der Waals surface area contributed by atoms with Crippen LogP contribution >= 0.6 is 0 Å². The Morgan fingerprint density at radius 2 is 1.82 bits per heavy atom. The van der Waals surface area contributed by atoms with Crippen LogP contribution in [-0.2, 0) is 14.4 Å². The van der Waals surface area contributed by atoms with Crippen molar-refractivity contribution in [1.82, 2.24) is 10.2 Å². The number of aryl methyl sites for hydroxylation is 1. The van der Waals surface area contributed by atoms with Gasteiger partial charge in [-0.25, -0.2) is 0 Å². The minimum Gasteiger partial charge on any atom is -0.355 e. The summed E-state index contributed by atoms with van der Waals surface area (Å²) < 4.78 is 0. The predicted molar refractivity (Wildman–Crippen MR) is 109 cm³/mol. The van der Waals surface area contributed by atoms with Crippen molar-refractivity contribution in [2.75, 3.05) is 31.1 Å². The smallest absolute Gasteiger partial charge is 0.227 e. The topological polar surface area (TPSA) is 69.7 Å². The monoisotopic (exact) mass is 385 g/mol. The Balaban J connectivity index is 1.49. The van der Waals surface area contributed by atoms with Gasteiger partial charge in [0.2, 0.25) is 17.7 Å². The summed E-state index contributed by atoms with van der Waals surface area (Å²) in [5.41, 5.74) is 3.09. The summed E-state index contributed by atoms with van der Waals surface area (Å²) in [6.07, 6.45) is 5.06. The zero-order valence-electron chi connectivity index (χ0n) is 17.0. The average Bonchev–Trinajstić information content (AvgIpc) is 2.88. The minimum absolute atomic E-state index is 0.0190. The number of hydrogen-bond donors (Lipinski definition) is 1. The SMILES string of the molecule is Cc1cccc(N2CC(C(=O)NCCC(=O)N3CCCCCC3)CC2=O)c1C. The molecule has 1 atom stereocenters. The molecule has 152 valence electrons. The maximum atomic E-state index is 12.5. The largest absolute Gasteiger partial charge is 0.355 e. The van der Waals surface area contributed by atoms with E-state index in [1.807, 2.05) is 36.9 Å². The van der Waals surface area contributed by atoms with Crippen LogP contribution in [0.3, 0.4) is 0 Å². The lowest BCUT2D eigenvalue weighted by Crippen LogP contribution is -2.37. The highest BCUT2D eigenvalue weighted by Crippen LogP contribution is 2.29. The fourth-order valence-corrected chi connectivity index (χ4v) is 4.06. The van der Waals surface area contributed by atoms with Crippen LogP contribution in [0.25, 0.3) is 0 Å². The van der Waals surface area contributed by atoms with Crippen LogP contribution in [0, 0.1) is 19.8 Å². The van der Waals surface area contributed by atoms with Crippen LogP contribution in [0.1, 0.15) is 49.7 Å². The number of hydrogen-bond acceptors (Lipinski definition) is 3. The van der Waals surface area contributed by atoms with Gasteiger partial charge in [-0.1, -0.05) is 25.0 Å². The second kappa shape index (κ2) is 9.22. The highest BCUT2D eigenvalue weighted by atomic mass is 16.2. The Kier molecular flexibility index (Phi) is 6.70. The second-order valence-corrected chi connectivity index (χ2v) is 7.96. The van der Waals surface area contributed by atoms with Gasteiger partial charge in [-0.15, -0.1) is 0 Å². The molecule has 6 heteroatoms. The number of likely N-dealkylation sites (tertiary alicyclic amines) is 1. The van der Waals surface area contributed by atoms with Gasteiger partial charge in [0, 0.05) is 44.7 Å². The van der Waals surface area contributed by atoms with Crippen molar-refractivity contribution < 1.29 is 14.4 Å². The number of anilines is 1. The third-order valence-electron chi connectivity index (χ3n) is 5.96. The van der Waals surface area contributed by atoms with Crippen LogP contribution < -0.4 is 10.2 Å². The molecule has 0 aromatic heterocycles. The first-order valence-corrected chi connectivity index (χ1v) is 10.4. The number of carbonyl (C=O) groups excluding carboxylic acids is 3. The normalized spacial score (nSPS) is 20.2. The first kappa shape index (κ1) is 20.4. The van der Waals surface area contributed by atoms with Crippen LogP contribution in [0.4, 0.5) is 5.69 Å². The summed E-state index contributed by atoms with van der Waals surface area (Å²) in [5, 5.41) is 2.86. The number of benzene rings is 1. The second-order valence-electron chi connectivity index (χ2n) is 7.96. The molecule has 0 aliphatic carbocycles. The van der Waals surface area contributed by atoms with E-state index in [1.54, 1.807) is 4.90 Å². The first-order chi connectivity index (χ1) is 13.5. The molecule has 3 rings (SSSR count). The molecular weight excluding hydrogens is 354 g/mol. The van der Waals surface area contributed by atoms with E-state index >= 15 is 0 Å². The Labute approximate surface area is 167 Å². The molecule has 1 aromatic carbocycles. The summed E-state index contributed by atoms with van der Waals surface area (Å²) in [4.78, 5) is 40.9. The Morgan fingerprint density at radius 1 is 1.11 bits per heavy atom. The Hall–Kier alpha value is -2.37. The number of rotatable bonds is 5. The van der Waals surface area contributed by atoms with Gasteiger partial charge in [0.05, 0.1) is 5.92 Å². The van der Waals surface area contributed by atoms with E-state index in [9.17, 15) is 14.4 Å². The molecule has 0 saturated carbocycles. The fraction of sp³-hybridized carbons (Fsp3) is 0.591. The van der Waals surface area contributed by atoms with Crippen LogP contribution in [0.15, 0.2) is 18.2 Å². The lowest BCUT2D eigenvalue weighted by Gasteiger charge is -2.21. The molecule has 2 saturated heterocycles. The van der Waals surface area contributed by atoms with Gasteiger partial charge in [-0.05, 0) is 43.9 Å². The van der Waals surface area contributed by atoms with Crippen molar-refractivity contribution in [3.05, 3.63) is 29.3 Å². The predicted octanol–water partition coefficient (Wildman–Crippen LogP) is 2.57. The number of nitrogens with one attached hydrogen (secondary N) is 1. The molecule has 3 amide bonds. The van der Waals surface area contributed by atoms with E-state index in [0.29, 0.717) is 19.5 Å². The Bertz CT molecular complexity index is 739. The van der Waals surface area contributed by atoms with Crippen molar-refractivity contribution >= 4 is 23.4 Å². The number of amides is 3. The number of carbonyl (C=O) groups is 3. The standard InChI is InChI=1S/C22H31N3O3/c1-16-8-7-9-19(17(16)2)25-15-18(14-21(25)27)22(28)23-11-10-20(26)24-12-5-3-4-6-13-24/h7-9,18H,3-6,10-15H2,1-2H3,(H,23,28). The maximum absolute atomic E-state index is 12.5. The van der Waals surface area contributed by atoms with Gasteiger partial charge in [0.15, 0.2) is 0 Å². The summed E-state index contributed by atoms with van der Waals surface area (Å²) in [7, 11) is 0. The lowest BCUT2D eigenvalue weighted by molar-refractivity contribution is -0.131. The highest BCUT2D eigenvalue weighted by Gasteiger charge is 2.35. The minimum atomic E-state index is -0.360. The summed E-state index contributed by atoms with van der Waals surface area (Å²) in [6, 6.07) is 5.89. The van der Waals surface area contributed by atoms with E-state index in [0.717, 1.165) is 42.7 Å².